The van der Waals surface area contributed by atoms with E-state index in [2.05, 4.69) is 0 Å². The highest BCUT2D eigenvalue weighted by Gasteiger charge is 2.51. The summed E-state index contributed by atoms with van der Waals surface area (Å²) < 4.78 is 0. The molecule has 2 amide bonds. The van der Waals surface area contributed by atoms with Crippen molar-refractivity contribution < 1.29 is 19.5 Å². The number of benzene rings is 1. The molecule has 2 atom stereocenters. The zero-order chi connectivity index (χ0) is 19.1. The molecule has 3 aliphatic heterocycles. The second-order valence-corrected chi connectivity index (χ2v) is 7.79. The van der Waals surface area contributed by atoms with Crippen molar-refractivity contribution in [3.8, 4) is 0 Å². The summed E-state index contributed by atoms with van der Waals surface area (Å²) in [7, 11) is 0. The Morgan fingerprint density at radius 2 is 2.00 bits per heavy atom. The number of rotatable bonds is 3. The minimum Gasteiger partial charge on any atom is -0.477 e. The van der Waals surface area contributed by atoms with Crippen LogP contribution in [0.3, 0.4) is 0 Å². The topological polar surface area (TPSA) is 104 Å². The molecule has 0 saturated carbocycles. The Morgan fingerprint density at radius 3 is 2.70 bits per heavy atom. The number of nitrogens with zero attached hydrogens (tertiary/aromatic N) is 2. The number of carboxylic acid groups (broad SMARTS) is 1. The van der Waals surface area contributed by atoms with Crippen LogP contribution >= 0.6 is 11.8 Å². The van der Waals surface area contributed by atoms with Gasteiger partial charge >= 0.3 is 5.97 Å². The van der Waals surface area contributed by atoms with E-state index in [1.807, 2.05) is 30.3 Å². The molecule has 0 bridgehead atoms. The third-order valence-electron chi connectivity index (χ3n) is 5.01. The molecule has 27 heavy (non-hydrogen) atoms. The van der Waals surface area contributed by atoms with Gasteiger partial charge in [-0.2, -0.15) is 0 Å². The van der Waals surface area contributed by atoms with Crippen LogP contribution < -0.4 is 10.6 Å². The summed E-state index contributed by atoms with van der Waals surface area (Å²) in [5.41, 5.74) is 7.59. The van der Waals surface area contributed by atoms with Crippen LogP contribution in [0.15, 0.2) is 53.3 Å². The third kappa shape index (κ3) is 2.94. The predicted octanol–water partition coefficient (Wildman–Crippen LogP) is 1.32. The van der Waals surface area contributed by atoms with Gasteiger partial charge in [0, 0.05) is 23.6 Å². The number of carbonyl (C=O) groups excluding carboxylic acids is 2. The van der Waals surface area contributed by atoms with E-state index in [0.717, 1.165) is 12.1 Å². The SMILES string of the molecule is N[C@@H]1C(=O)N2C(C(=O)O)=C(/C=C3\CCCN(c4ccccc4)C3=O)CS[C@H]12. The number of hydrogen-bond donors (Lipinski definition) is 2. The molecule has 3 N–H and O–H groups in total. The molecule has 0 radical (unpaired) electrons. The lowest BCUT2D eigenvalue weighted by Gasteiger charge is -2.47. The van der Waals surface area contributed by atoms with Gasteiger partial charge in [0.05, 0.1) is 0 Å². The van der Waals surface area contributed by atoms with Crippen LogP contribution in [0.2, 0.25) is 0 Å². The van der Waals surface area contributed by atoms with Crippen LogP contribution in [0, 0.1) is 0 Å². The maximum absolute atomic E-state index is 12.9. The first-order valence-electron chi connectivity index (χ1n) is 8.73. The van der Waals surface area contributed by atoms with E-state index in [0.29, 0.717) is 29.9 Å². The molecular weight excluding hydrogens is 366 g/mol. The first-order chi connectivity index (χ1) is 13.0. The highest BCUT2D eigenvalue weighted by molar-refractivity contribution is 8.00. The minimum atomic E-state index is -1.17. The number of fused-ring (bicyclic) bond motifs is 1. The van der Waals surface area contributed by atoms with Crippen molar-refractivity contribution in [1.29, 1.82) is 0 Å². The monoisotopic (exact) mass is 385 g/mol. The fourth-order valence-electron chi connectivity index (χ4n) is 3.66. The normalized spacial score (nSPS) is 26.9. The molecule has 8 heteroatoms. The molecule has 1 aromatic carbocycles. The Bertz CT molecular complexity index is 880. The molecule has 0 spiro atoms. The van der Waals surface area contributed by atoms with Crippen molar-refractivity contribution in [1.82, 2.24) is 4.90 Å². The van der Waals surface area contributed by atoms with Gasteiger partial charge in [-0.1, -0.05) is 18.2 Å². The van der Waals surface area contributed by atoms with Crippen molar-refractivity contribution >= 4 is 35.2 Å². The first-order valence-corrected chi connectivity index (χ1v) is 9.78. The second-order valence-electron chi connectivity index (χ2n) is 6.68. The molecule has 0 unspecified atom stereocenters. The summed E-state index contributed by atoms with van der Waals surface area (Å²) in [6, 6.07) is 8.74. The number of piperidine rings is 1. The van der Waals surface area contributed by atoms with E-state index in [1.165, 1.54) is 16.7 Å². The zero-order valence-corrected chi connectivity index (χ0v) is 15.3. The summed E-state index contributed by atoms with van der Waals surface area (Å²) in [5, 5.41) is 9.29. The van der Waals surface area contributed by atoms with Crippen LogP contribution in [0.5, 0.6) is 0 Å². The first kappa shape index (κ1) is 17.8. The zero-order valence-electron chi connectivity index (χ0n) is 14.5. The molecule has 4 rings (SSSR count). The van der Waals surface area contributed by atoms with Crippen molar-refractivity contribution in [2.24, 2.45) is 5.73 Å². The number of hydrogen-bond acceptors (Lipinski definition) is 5. The number of aliphatic carboxylic acids is 1. The largest absolute Gasteiger partial charge is 0.477 e. The third-order valence-corrected chi connectivity index (χ3v) is 6.33. The Balaban J connectivity index is 1.68. The molecule has 1 aromatic rings. The fraction of sp³-hybridized carbons (Fsp3) is 0.316. The van der Waals surface area contributed by atoms with Gasteiger partial charge in [-0.05, 0) is 36.6 Å². The van der Waals surface area contributed by atoms with Gasteiger partial charge < -0.3 is 15.7 Å². The molecule has 0 aliphatic carbocycles. The number of nitrogens with two attached hydrogens (primary N) is 1. The van der Waals surface area contributed by atoms with E-state index in [1.54, 1.807) is 11.0 Å². The number of carboxylic acids is 1. The maximum Gasteiger partial charge on any atom is 0.352 e. The van der Waals surface area contributed by atoms with E-state index >= 15 is 0 Å². The average Bonchev–Trinajstić information content (AvgIpc) is 2.69. The van der Waals surface area contributed by atoms with Crippen molar-refractivity contribution in [3.05, 3.63) is 53.3 Å². The van der Waals surface area contributed by atoms with Crippen molar-refractivity contribution in [2.45, 2.75) is 24.3 Å². The maximum atomic E-state index is 12.9. The van der Waals surface area contributed by atoms with E-state index in [4.69, 9.17) is 5.73 Å². The molecule has 7 nitrogen and oxygen atoms in total. The molecule has 3 heterocycles. The summed E-state index contributed by atoms with van der Waals surface area (Å²) >= 11 is 1.43. The average molecular weight is 385 g/mol. The van der Waals surface area contributed by atoms with E-state index in [-0.39, 0.29) is 22.9 Å². The summed E-state index contributed by atoms with van der Waals surface area (Å²) in [6.07, 6.45) is 3.03. The number of amides is 2. The molecule has 140 valence electrons. The lowest BCUT2D eigenvalue weighted by molar-refractivity contribution is -0.147. The standard InChI is InChI=1S/C19H19N3O4S/c20-14-17(24)22-15(19(25)26)12(10-27-18(14)22)9-11-5-4-8-21(16(11)23)13-6-2-1-3-7-13/h1-3,6-7,9,14,18H,4-5,8,10,20H2,(H,25,26)/b11-9+/t14-,18-/m1/s1. The van der Waals surface area contributed by atoms with Gasteiger partial charge in [0.1, 0.15) is 17.1 Å². The lowest BCUT2D eigenvalue weighted by atomic mass is 9.98. The molecule has 3 aliphatic rings. The van der Waals surface area contributed by atoms with Gasteiger partial charge in [-0.3, -0.25) is 14.5 Å². The van der Waals surface area contributed by atoms with Gasteiger partial charge in [0.2, 0.25) is 5.91 Å². The number of anilines is 1. The quantitative estimate of drug-likeness (QED) is 0.601. The Hall–Kier alpha value is -2.58. The molecular formula is C19H19N3O4S. The number of β-lactam (4-membered cyclic amide) rings is 1. The van der Waals surface area contributed by atoms with Gasteiger partial charge in [0.15, 0.2) is 0 Å². The molecule has 2 saturated heterocycles. The molecule has 0 aromatic heterocycles. The number of carbonyl (C=O) groups is 3. The molecule has 2 fully saturated rings. The van der Waals surface area contributed by atoms with Crippen LogP contribution in [0.1, 0.15) is 12.8 Å². The van der Waals surface area contributed by atoms with Crippen LogP contribution in [-0.2, 0) is 14.4 Å². The van der Waals surface area contributed by atoms with Gasteiger partial charge in [-0.15, -0.1) is 11.8 Å². The van der Waals surface area contributed by atoms with Crippen LogP contribution in [-0.4, -0.2) is 51.5 Å². The highest BCUT2D eigenvalue weighted by Crippen LogP contribution is 2.40. The van der Waals surface area contributed by atoms with Crippen molar-refractivity contribution in [2.75, 3.05) is 17.2 Å². The number of thioether (sulfide) groups is 1. The minimum absolute atomic E-state index is 0.0532. The fourth-order valence-corrected chi connectivity index (χ4v) is 4.91. The Kier molecular flexibility index (Phi) is 4.53. The van der Waals surface area contributed by atoms with E-state index in [9.17, 15) is 19.5 Å². The van der Waals surface area contributed by atoms with Gasteiger partial charge in [-0.25, -0.2) is 4.79 Å². The summed E-state index contributed by atoms with van der Waals surface area (Å²) in [4.78, 5) is 39.7. The number of allylic oxidation sites excluding steroid dienone is 1. The van der Waals surface area contributed by atoms with Crippen LogP contribution in [0.4, 0.5) is 5.69 Å². The van der Waals surface area contributed by atoms with Crippen LogP contribution in [0.25, 0.3) is 0 Å². The predicted molar refractivity (Wildman–Crippen MR) is 102 cm³/mol. The Labute approximate surface area is 160 Å². The van der Waals surface area contributed by atoms with E-state index < -0.39 is 12.0 Å². The smallest absolute Gasteiger partial charge is 0.352 e. The summed E-state index contributed by atoms with van der Waals surface area (Å²) in [5.74, 6) is -1.27. The second kappa shape index (κ2) is 6.86. The van der Waals surface area contributed by atoms with Gasteiger partial charge in [0.25, 0.3) is 5.91 Å². The Morgan fingerprint density at radius 1 is 1.26 bits per heavy atom. The summed E-state index contributed by atoms with van der Waals surface area (Å²) in [6.45, 7) is 0.626. The van der Waals surface area contributed by atoms with Crippen molar-refractivity contribution in [3.63, 3.8) is 0 Å². The number of para-hydroxylation sites is 1. The lowest BCUT2D eigenvalue weighted by Crippen LogP contribution is -2.68. The highest BCUT2D eigenvalue weighted by atomic mass is 32.2.